The van der Waals surface area contributed by atoms with Crippen molar-refractivity contribution in [3.8, 4) is 11.5 Å². The summed E-state index contributed by atoms with van der Waals surface area (Å²) in [5, 5.41) is 14.2. The van der Waals surface area contributed by atoms with Crippen molar-refractivity contribution in [2.45, 2.75) is 38.0 Å². The van der Waals surface area contributed by atoms with Crippen LogP contribution in [0.3, 0.4) is 0 Å². The van der Waals surface area contributed by atoms with Gasteiger partial charge in [-0.15, -0.1) is 0 Å². The number of likely N-dealkylation sites (tertiary alicyclic amines) is 1. The zero-order valence-corrected chi connectivity index (χ0v) is 17.1. The highest BCUT2D eigenvalue weighted by molar-refractivity contribution is 5.47. The lowest BCUT2D eigenvalue weighted by Gasteiger charge is -2.33. The van der Waals surface area contributed by atoms with Gasteiger partial charge in [-0.1, -0.05) is 12.1 Å². The quantitative estimate of drug-likeness (QED) is 0.814. The molecule has 2 fully saturated rings. The molecule has 8 heteroatoms. The molecule has 160 valence electrons. The number of ether oxygens (including phenoxy) is 2. The molecule has 0 bridgehead atoms. The van der Waals surface area contributed by atoms with Crippen molar-refractivity contribution in [3.05, 3.63) is 46.4 Å². The van der Waals surface area contributed by atoms with Crippen molar-refractivity contribution in [1.82, 2.24) is 14.7 Å². The summed E-state index contributed by atoms with van der Waals surface area (Å²) in [7, 11) is 0. The van der Waals surface area contributed by atoms with Gasteiger partial charge in [-0.25, -0.2) is 4.68 Å². The number of rotatable bonds is 4. The summed E-state index contributed by atoms with van der Waals surface area (Å²) in [6, 6.07) is 7.75. The van der Waals surface area contributed by atoms with Crippen LogP contribution in [0.1, 0.15) is 30.9 Å². The first kappa shape index (κ1) is 19.4. The minimum Gasteiger partial charge on any atom is -0.486 e. The maximum atomic E-state index is 12.8. The predicted molar refractivity (Wildman–Crippen MR) is 112 cm³/mol. The molecule has 0 aliphatic carbocycles. The highest BCUT2D eigenvalue weighted by Gasteiger charge is 2.26. The number of aromatic nitrogens is 2. The van der Waals surface area contributed by atoms with E-state index in [4.69, 9.17) is 9.47 Å². The van der Waals surface area contributed by atoms with Crippen LogP contribution in [0.5, 0.6) is 11.5 Å². The molecule has 2 atom stereocenters. The summed E-state index contributed by atoms with van der Waals surface area (Å²) in [6.07, 6.45) is 4.14. The van der Waals surface area contributed by atoms with E-state index in [9.17, 15) is 9.90 Å². The summed E-state index contributed by atoms with van der Waals surface area (Å²) in [5.74, 6) is 1.66. The number of β-amino-alcohol motifs (C(OH)–C–C–N with tert-alkyl or cyclic N) is 1. The number of benzene rings is 1. The molecule has 1 aromatic carbocycles. The Labute approximate surface area is 175 Å². The highest BCUT2D eigenvalue weighted by atomic mass is 16.6. The second-order valence-corrected chi connectivity index (χ2v) is 8.36. The van der Waals surface area contributed by atoms with E-state index in [1.165, 1.54) is 0 Å². The van der Waals surface area contributed by atoms with Crippen molar-refractivity contribution in [2.24, 2.45) is 0 Å². The zero-order chi connectivity index (χ0) is 20.5. The third-order valence-corrected chi connectivity index (χ3v) is 6.21. The lowest BCUT2D eigenvalue weighted by Crippen LogP contribution is -2.40. The van der Waals surface area contributed by atoms with Gasteiger partial charge in [-0.2, -0.15) is 5.10 Å². The Morgan fingerprint density at radius 2 is 2.03 bits per heavy atom. The fraction of sp³-hybridized carbons (Fsp3) is 0.545. The third-order valence-electron chi connectivity index (χ3n) is 6.21. The van der Waals surface area contributed by atoms with Gasteiger partial charge in [0, 0.05) is 37.8 Å². The van der Waals surface area contributed by atoms with Gasteiger partial charge in [0.05, 0.1) is 24.0 Å². The molecule has 8 nitrogen and oxygen atoms in total. The summed E-state index contributed by atoms with van der Waals surface area (Å²) in [4.78, 5) is 17.2. The Morgan fingerprint density at radius 1 is 1.13 bits per heavy atom. The molecule has 0 spiro atoms. The van der Waals surface area contributed by atoms with Crippen LogP contribution in [0.15, 0.2) is 35.3 Å². The van der Waals surface area contributed by atoms with Gasteiger partial charge in [0.25, 0.3) is 5.56 Å². The van der Waals surface area contributed by atoms with Crippen LogP contribution >= 0.6 is 0 Å². The van der Waals surface area contributed by atoms with Crippen LogP contribution in [0.25, 0.3) is 0 Å². The van der Waals surface area contributed by atoms with Crippen LogP contribution in [-0.2, 0) is 6.54 Å². The number of fused-ring (bicyclic) bond motifs is 1. The molecule has 0 amide bonds. The molecule has 3 aliphatic heterocycles. The van der Waals surface area contributed by atoms with E-state index < -0.39 is 0 Å². The monoisotopic (exact) mass is 412 g/mol. The van der Waals surface area contributed by atoms with E-state index in [0.717, 1.165) is 68.2 Å². The van der Waals surface area contributed by atoms with E-state index in [1.54, 1.807) is 16.9 Å². The van der Waals surface area contributed by atoms with Crippen molar-refractivity contribution in [2.75, 3.05) is 44.3 Å². The Hall–Kier alpha value is -2.58. The van der Waals surface area contributed by atoms with Crippen molar-refractivity contribution >= 4 is 5.69 Å². The molecule has 2 aromatic rings. The molecular formula is C22H28N4O4. The Morgan fingerprint density at radius 3 is 2.87 bits per heavy atom. The fourth-order valence-corrected chi connectivity index (χ4v) is 4.71. The van der Waals surface area contributed by atoms with Crippen molar-refractivity contribution in [3.63, 3.8) is 0 Å². The van der Waals surface area contributed by atoms with E-state index in [1.807, 2.05) is 17.0 Å². The topological polar surface area (TPSA) is 80.1 Å². The first-order chi connectivity index (χ1) is 14.7. The smallest absolute Gasteiger partial charge is 0.269 e. The molecule has 0 unspecified atom stereocenters. The van der Waals surface area contributed by atoms with Gasteiger partial charge >= 0.3 is 0 Å². The molecule has 30 heavy (non-hydrogen) atoms. The zero-order valence-electron chi connectivity index (χ0n) is 17.1. The average Bonchev–Trinajstić information content (AvgIpc) is 3.20. The molecule has 5 rings (SSSR count). The molecule has 2 saturated heterocycles. The number of para-hydroxylation sites is 1. The predicted octanol–water partition coefficient (Wildman–Crippen LogP) is 1.42. The SMILES string of the molecule is O=c1cc(N2CC[C@H](O)C2)cnn1[C@@H]1CCCN(Cc2cccc3c2OCCO3)C1. The number of hydrogen-bond acceptors (Lipinski definition) is 7. The Bertz CT molecular complexity index is 962. The van der Waals surface area contributed by atoms with Crippen LogP contribution in [0.4, 0.5) is 5.69 Å². The molecule has 0 saturated carbocycles. The molecule has 3 aliphatic rings. The molecule has 4 heterocycles. The van der Waals surface area contributed by atoms with Gasteiger partial charge < -0.3 is 19.5 Å². The number of anilines is 1. The van der Waals surface area contributed by atoms with Crippen LogP contribution in [0, 0.1) is 0 Å². The van der Waals surface area contributed by atoms with Crippen molar-refractivity contribution < 1.29 is 14.6 Å². The maximum Gasteiger partial charge on any atom is 0.269 e. The van der Waals surface area contributed by atoms with E-state index in [2.05, 4.69) is 16.1 Å². The Kier molecular flexibility index (Phi) is 5.35. The first-order valence-electron chi connectivity index (χ1n) is 10.8. The van der Waals surface area contributed by atoms with Gasteiger partial charge in [0.15, 0.2) is 11.5 Å². The fourth-order valence-electron chi connectivity index (χ4n) is 4.71. The molecular weight excluding hydrogens is 384 g/mol. The van der Waals surface area contributed by atoms with Gasteiger partial charge in [0.2, 0.25) is 0 Å². The van der Waals surface area contributed by atoms with Crippen LogP contribution in [-0.4, -0.2) is 65.3 Å². The van der Waals surface area contributed by atoms with E-state index in [-0.39, 0.29) is 17.7 Å². The lowest BCUT2D eigenvalue weighted by molar-refractivity contribution is 0.148. The standard InChI is InChI=1S/C22H28N4O4/c27-19-6-8-25(15-19)18-11-21(28)26(23-12-18)17-4-2-7-24(14-17)13-16-3-1-5-20-22(16)30-10-9-29-20/h1,3,5,11-12,17,19,27H,2,4,6-10,13-15H2/t17-,19+/m1/s1. The largest absolute Gasteiger partial charge is 0.486 e. The van der Waals surface area contributed by atoms with Gasteiger partial charge in [-0.05, 0) is 31.9 Å². The summed E-state index contributed by atoms with van der Waals surface area (Å²) < 4.78 is 13.2. The second-order valence-electron chi connectivity index (χ2n) is 8.36. The molecule has 1 aromatic heterocycles. The number of piperidine rings is 1. The number of nitrogens with zero attached hydrogens (tertiary/aromatic N) is 4. The highest BCUT2D eigenvalue weighted by Crippen LogP contribution is 2.35. The van der Waals surface area contributed by atoms with Gasteiger partial charge in [-0.3, -0.25) is 9.69 Å². The minimum atomic E-state index is -0.322. The Balaban J connectivity index is 1.30. The number of hydrogen-bond donors (Lipinski definition) is 1. The molecule has 0 radical (unpaired) electrons. The average molecular weight is 412 g/mol. The van der Waals surface area contributed by atoms with Gasteiger partial charge in [0.1, 0.15) is 13.2 Å². The number of aliphatic hydroxyl groups is 1. The summed E-state index contributed by atoms with van der Waals surface area (Å²) in [5.41, 5.74) is 1.85. The summed E-state index contributed by atoms with van der Waals surface area (Å²) in [6.45, 7) is 5.02. The second kappa shape index (κ2) is 8.28. The first-order valence-corrected chi connectivity index (χ1v) is 10.8. The lowest BCUT2D eigenvalue weighted by atomic mass is 10.0. The minimum absolute atomic E-state index is 0.0566. The normalized spacial score (nSPS) is 24.2. The summed E-state index contributed by atoms with van der Waals surface area (Å²) >= 11 is 0. The van der Waals surface area contributed by atoms with Crippen molar-refractivity contribution in [1.29, 1.82) is 0 Å². The number of aliphatic hydroxyl groups excluding tert-OH is 1. The van der Waals surface area contributed by atoms with E-state index in [0.29, 0.717) is 19.8 Å². The third kappa shape index (κ3) is 3.89. The van der Waals surface area contributed by atoms with Crippen LogP contribution in [0.2, 0.25) is 0 Å². The maximum absolute atomic E-state index is 12.8. The van der Waals surface area contributed by atoms with Crippen LogP contribution < -0.4 is 19.9 Å². The molecule has 1 N–H and O–H groups in total. The van der Waals surface area contributed by atoms with E-state index >= 15 is 0 Å².